The van der Waals surface area contributed by atoms with E-state index in [9.17, 15) is 33.4 Å². The number of alkyl halides is 3. The fraction of sp³-hybridized carbons (Fsp3) is 0.450. The molecule has 13 heteroatoms. The number of aromatic nitrogens is 3. The molecule has 1 aliphatic heterocycles. The average molecular weight is 730 g/mol. The van der Waals surface area contributed by atoms with Crippen molar-refractivity contribution in [3.05, 3.63) is 99.1 Å². The fourth-order valence-corrected chi connectivity index (χ4v) is 8.92. The molecule has 0 amide bonds. The van der Waals surface area contributed by atoms with Crippen molar-refractivity contribution in [2.75, 3.05) is 18.5 Å². The number of aryl methyl sites for hydroxylation is 1. The Balaban J connectivity index is 0.000000184. The highest BCUT2D eigenvalue weighted by Crippen LogP contribution is 2.61. The molecule has 3 heterocycles. The van der Waals surface area contributed by atoms with E-state index < -0.39 is 11.7 Å². The van der Waals surface area contributed by atoms with Crippen molar-refractivity contribution in [3.8, 4) is 29.3 Å². The minimum atomic E-state index is -4.50. The van der Waals surface area contributed by atoms with Gasteiger partial charge in [-0.25, -0.2) is 9.78 Å². The highest BCUT2D eigenvalue weighted by Gasteiger charge is 2.54. The minimum Gasteiger partial charge on any atom is -0.508 e. The number of aromatic hydroxyl groups is 1. The van der Waals surface area contributed by atoms with Crippen molar-refractivity contribution in [3.63, 3.8) is 0 Å². The molecule has 2 fully saturated rings. The van der Waals surface area contributed by atoms with E-state index in [0.29, 0.717) is 35.9 Å². The largest absolute Gasteiger partial charge is 0.508 e. The first-order valence-electron chi connectivity index (χ1n) is 18.0. The van der Waals surface area contributed by atoms with Gasteiger partial charge in [0.1, 0.15) is 30.0 Å². The third-order valence-electron chi connectivity index (χ3n) is 11.7. The number of phenolic OH excluding ortho intramolecular Hbond substituents is 1. The summed E-state index contributed by atoms with van der Waals surface area (Å²) in [6, 6.07) is 16.2. The van der Waals surface area contributed by atoms with E-state index in [1.54, 1.807) is 16.7 Å². The highest BCUT2D eigenvalue weighted by molar-refractivity contribution is 5.47. The van der Waals surface area contributed by atoms with Gasteiger partial charge < -0.3 is 24.6 Å². The predicted octanol–water partition coefficient (Wildman–Crippen LogP) is 7.35. The van der Waals surface area contributed by atoms with Crippen LogP contribution in [0, 0.1) is 28.6 Å². The molecule has 53 heavy (non-hydrogen) atoms. The molecule has 278 valence electrons. The number of anilines is 1. The van der Waals surface area contributed by atoms with Gasteiger partial charge in [0.15, 0.2) is 0 Å². The molecule has 4 aliphatic rings. The topological polar surface area (TPSA) is 134 Å². The number of nitrogens with zero attached hydrogens (tertiary/aromatic N) is 5. The predicted molar refractivity (Wildman–Crippen MR) is 190 cm³/mol. The number of hydrogen-bond acceptors (Lipinski definition) is 9. The molecule has 2 aromatic carbocycles. The quantitative estimate of drug-likeness (QED) is 0.216. The molecule has 2 N–H and O–H groups in total. The molecule has 0 bridgehead atoms. The number of pyridine rings is 1. The number of aliphatic hydroxyl groups excluding tert-OH is 1. The monoisotopic (exact) mass is 729 g/mol. The number of aliphatic hydroxyl groups is 1. The molecule has 2 saturated carbocycles. The SMILES string of the molecule is CN1CCCn2c1cc(OCc1ccc(Oc3ccc(C(F)(F)F)cn3)c(C#N)c1)nc2=O.C[C@]12CC[C@@H]3c4ccc(O)cc4CC[C@H]3[C@@H]1CC[C@@H]2O. The molecule has 0 radical (unpaired) electrons. The van der Waals surface area contributed by atoms with Crippen LogP contribution in [0.15, 0.2) is 65.6 Å². The van der Waals surface area contributed by atoms with Gasteiger partial charge in [-0.1, -0.05) is 19.1 Å². The Hall–Kier alpha value is -5.09. The summed E-state index contributed by atoms with van der Waals surface area (Å²) < 4.78 is 50.7. The van der Waals surface area contributed by atoms with Crippen LogP contribution >= 0.6 is 0 Å². The number of rotatable bonds is 5. The summed E-state index contributed by atoms with van der Waals surface area (Å²) >= 11 is 0. The number of phenols is 1. The van der Waals surface area contributed by atoms with Gasteiger partial charge in [0.2, 0.25) is 11.8 Å². The maximum atomic E-state index is 12.7. The summed E-state index contributed by atoms with van der Waals surface area (Å²) in [4.78, 5) is 21.8. The lowest BCUT2D eigenvalue weighted by molar-refractivity contribution is -0.137. The van der Waals surface area contributed by atoms with E-state index in [1.807, 2.05) is 30.1 Å². The Kier molecular flexibility index (Phi) is 9.84. The van der Waals surface area contributed by atoms with E-state index >= 15 is 0 Å². The van der Waals surface area contributed by atoms with Crippen molar-refractivity contribution in [2.24, 2.45) is 17.3 Å². The first-order valence-corrected chi connectivity index (χ1v) is 18.0. The zero-order chi connectivity index (χ0) is 37.5. The van der Waals surface area contributed by atoms with Crippen LogP contribution in [-0.2, 0) is 25.7 Å². The lowest BCUT2D eigenvalue weighted by atomic mass is 9.55. The highest BCUT2D eigenvalue weighted by atomic mass is 19.4. The Morgan fingerprint density at radius 3 is 2.62 bits per heavy atom. The molecular formula is C40H42F3N5O5. The molecule has 3 aliphatic carbocycles. The van der Waals surface area contributed by atoms with Crippen molar-refractivity contribution in [1.82, 2.24) is 14.5 Å². The van der Waals surface area contributed by atoms with E-state index in [-0.39, 0.29) is 46.9 Å². The maximum Gasteiger partial charge on any atom is 0.417 e. The Labute approximate surface area is 305 Å². The number of benzene rings is 2. The third kappa shape index (κ3) is 7.29. The first kappa shape index (κ1) is 36.3. The van der Waals surface area contributed by atoms with Gasteiger partial charge >= 0.3 is 11.9 Å². The van der Waals surface area contributed by atoms with Crippen LogP contribution < -0.4 is 20.1 Å². The molecule has 0 unspecified atom stereocenters. The molecule has 8 rings (SSSR count). The second-order valence-electron chi connectivity index (χ2n) is 14.8. The van der Waals surface area contributed by atoms with Crippen molar-refractivity contribution in [1.29, 1.82) is 5.26 Å². The smallest absolute Gasteiger partial charge is 0.417 e. The van der Waals surface area contributed by atoms with E-state index in [4.69, 9.17) is 9.47 Å². The van der Waals surface area contributed by atoms with Gasteiger partial charge in [0.05, 0.1) is 17.2 Å². The van der Waals surface area contributed by atoms with Crippen LogP contribution in [-0.4, -0.2) is 44.4 Å². The van der Waals surface area contributed by atoms with Crippen LogP contribution in [0.4, 0.5) is 19.0 Å². The summed E-state index contributed by atoms with van der Waals surface area (Å²) in [5, 5.41) is 29.5. The molecule has 2 aromatic heterocycles. The van der Waals surface area contributed by atoms with Gasteiger partial charge in [-0.05, 0) is 115 Å². The van der Waals surface area contributed by atoms with Gasteiger partial charge in [-0.3, -0.25) is 4.57 Å². The van der Waals surface area contributed by atoms with Gasteiger partial charge in [0, 0.05) is 38.5 Å². The molecular weight excluding hydrogens is 687 g/mol. The molecule has 0 spiro atoms. The van der Waals surface area contributed by atoms with Crippen LogP contribution in [0.2, 0.25) is 0 Å². The minimum absolute atomic E-state index is 0.0487. The standard InChI is InChI=1S/C22H18F3N5O3.C18H24O2/c1-29-7-2-8-30-20(29)10-19(28-21(30)31)32-13-14-3-5-17(15(9-14)11-26)33-18-6-4-16(12-27-18)22(23,24)25;1-18-9-8-14-13-5-3-12(19)10-11(13)2-4-15(14)16(18)6-7-17(18)20/h3-6,9-10,12H,2,7-8,13H2,1H3;3,5,10,14-17,19-20H,2,4,6-9H2,1H3/t;14-,15-,16+,17+,18+/m.1/s1. The Bertz CT molecular complexity index is 2080. The Morgan fingerprint density at radius 1 is 1.04 bits per heavy atom. The lowest BCUT2D eigenvalue weighted by Gasteiger charge is -2.50. The Morgan fingerprint density at radius 2 is 1.87 bits per heavy atom. The van der Waals surface area contributed by atoms with Crippen LogP contribution in [0.5, 0.6) is 23.3 Å². The molecule has 5 atom stereocenters. The lowest BCUT2D eigenvalue weighted by Crippen LogP contribution is -2.43. The zero-order valence-corrected chi connectivity index (χ0v) is 29.6. The number of nitriles is 1. The van der Waals surface area contributed by atoms with Gasteiger partial charge in [-0.15, -0.1) is 0 Å². The third-order valence-corrected chi connectivity index (χ3v) is 11.7. The summed E-state index contributed by atoms with van der Waals surface area (Å²) in [6.07, 6.45) is 3.80. The normalized spacial score (nSPS) is 24.4. The zero-order valence-electron chi connectivity index (χ0n) is 29.6. The molecule has 4 aromatic rings. The number of fused-ring (bicyclic) bond motifs is 6. The van der Waals surface area contributed by atoms with Gasteiger partial charge in [-0.2, -0.15) is 23.4 Å². The second kappa shape index (κ2) is 14.4. The second-order valence-corrected chi connectivity index (χ2v) is 14.8. The maximum absolute atomic E-state index is 12.7. The van der Waals surface area contributed by atoms with E-state index in [2.05, 4.69) is 23.0 Å². The van der Waals surface area contributed by atoms with Crippen molar-refractivity contribution in [2.45, 2.75) is 83.2 Å². The van der Waals surface area contributed by atoms with Gasteiger partial charge in [0.25, 0.3) is 0 Å². The molecule has 10 nitrogen and oxygen atoms in total. The van der Waals surface area contributed by atoms with Crippen LogP contribution in [0.1, 0.15) is 79.2 Å². The number of ether oxygens (including phenoxy) is 2. The van der Waals surface area contributed by atoms with Crippen molar-refractivity contribution >= 4 is 5.82 Å². The van der Waals surface area contributed by atoms with E-state index in [0.717, 1.165) is 56.1 Å². The molecule has 0 saturated heterocycles. The van der Waals surface area contributed by atoms with E-state index in [1.165, 1.54) is 42.5 Å². The summed E-state index contributed by atoms with van der Waals surface area (Å²) in [6.45, 7) is 3.79. The summed E-state index contributed by atoms with van der Waals surface area (Å²) in [5.41, 5.74) is 2.47. The fourth-order valence-electron chi connectivity index (χ4n) is 8.92. The summed E-state index contributed by atoms with van der Waals surface area (Å²) in [7, 11) is 1.89. The average Bonchev–Trinajstić information content (AvgIpc) is 3.45. The summed E-state index contributed by atoms with van der Waals surface area (Å²) in [5.74, 6) is 3.45. The van der Waals surface area contributed by atoms with Crippen LogP contribution in [0.3, 0.4) is 0 Å². The number of hydrogen-bond donors (Lipinski definition) is 2. The number of halogens is 3. The first-order chi connectivity index (χ1) is 25.3. The van der Waals surface area contributed by atoms with Crippen molar-refractivity contribution < 1.29 is 32.9 Å². The van der Waals surface area contributed by atoms with Crippen LogP contribution in [0.25, 0.3) is 0 Å².